The molecule has 0 heterocycles. The van der Waals surface area contributed by atoms with Crippen LogP contribution < -0.4 is 5.73 Å². The van der Waals surface area contributed by atoms with E-state index in [1.807, 2.05) is 30.3 Å². The highest BCUT2D eigenvalue weighted by Crippen LogP contribution is 2.18. The second kappa shape index (κ2) is 4.94. The van der Waals surface area contributed by atoms with Gasteiger partial charge >= 0.3 is 5.97 Å². The van der Waals surface area contributed by atoms with E-state index >= 15 is 0 Å². The third kappa shape index (κ3) is 2.80. The molecule has 0 saturated carbocycles. The maximum absolute atomic E-state index is 11.6. The van der Waals surface area contributed by atoms with Crippen LogP contribution in [0, 0.1) is 6.92 Å². The lowest BCUT2D eigenvalue weighted by molar-refractivity contribution is -0.149. The Hall–Kier alpha value is -1.35. The van der Waals surface area contributed by atoms with Crippen LogP contribution in [0.15, 0.2) is 30.3 Å². The van der Waals surface area contributed by atoms with E-state index in [0.717, 1.165) is 5.56 Å². The summed E-state index contributed by atoms with van der Waals surface area (Å²) in [5, 5.41) is 0. The molecule has 0 saturated heterocycles. The predicted octanol–water partition coefficient (Wildman–Crippen LogP) is 1.63. The van der Waals surface area contributed by atoms with Crippen molar-refractivity contribution < 1.29 is 9.53 Å². The molecule has 3 nitrogen and oxygen atoms in total. The molecule has 0 fully saturated rings. The van der Waals surface area contributed by atoms with Gasteiger partial charge in [0.2, 0.25) is 0 Å². The molecule has 0 unspecified atom stereocenters. The van der Waals surface area contributed by atoms with E-state index in [0.29, 0.717) is 13.0 Å². The fraction of sp³-hybridized carbons (Fsp3) is 0.333. The first kappa shape index (κ1) is 11.7. The van der Waals surface area contributed by atoms with E-state index in [1.54, 1.807) is 6.92 Å². The first-order chi connectivity index (χ1) is 7.09. The normalized spacial score (nSPS) is 14.3. The molecule has 15 heavy (non-hydrogen) atoms. The molecule has 1 radical (unpaired) electrons. The lowest BCUT2D eigenvalue weighted by Crippen LogP contribution is -2.43. The van der Waals surface area contributed by atoms with E-state index < -0.39 is 11.5 Å². The minimum atomic E-state index is -1.09. The van der Waals surface area contributed by atoms with Crippen molar-refractivity contribution in [3.63, 3.8) is 0 Å². The van der Waals surface area contributed by atoms with Gasteiger partial charge in [-0.15, -0.1) is 0 Å². The summed E-state index contributed by atoms with van der Waals surface area (Å²) in [7, 11) is 0. The van der Waals surface area contributed by atoms with E-state index in [1.165, 1.54) is 0 Å². The molecule has 1 aromatic carbocycles. The fourth-order valence-electron chi connectivity index (χ4n) is 1.22. The molecule has 1 aromatic rings. The van der Waals surface area contributed by atoms with Gasteiger partial charge in [0.15, 0.2) is 0 Å². The maximum atomic E-state index is 11.6. The molecule has 0 spiro atoms. The molecular formula is C12H16NO2. The molecule has 81 valence electrons. The zero-order chi connectivity index (χ0) is 11.3. The van der Waals surface area contributed by atoms with Crippen LogP contribution in [0.4, 0.5) is 0 Å². The summed E-state index contributed by atoms with van der Waals surface area (Å²) in [4.78, 5) is 11.6. The van der Waals surface area contributed by atoms with Crippen molar-refractivity contribution in [2.45, 2.75) is 18.9 Å². The number of rotatable bonds is 4. The fourth-order valence-corrected chi connectivity index (χ4v) is 1.22. The van der Waals surface area contributed by atoms with Crippen LogP contribution >= 0.6 is 0 Å². The van der Waals surface area contributed by atoms with Crippen LogP contribution in [0.5, 0.6) is 0 Å². The van der Waals surface area contributed by atoms with Gasteiger partial charge in [-0.05, 0) is 25.8 Å². The van der Waals surface area contributed by atoms with Crippen LogP contribution in [0.25, 0.3) is 0 Å². The Kier molecular flexibility index (Phi) is 3.86. The molecule has 3 heteroatoms. The summed E-state index contributed by atoms with van der Waals surface area (Å²) in [5.41, 5.74) is 5.59. The SMILES string of the molecule is [CH2]CCOC(=O)[C@@](C)(N)c1ccccc1. The average molecular weight is 206 g/mol. The second-order valence-corrected chi connectivity index (χ2v) is 3.56. The van der Waals surface area contributed by atoms with Gasteiger partial charge < -0.3 is 10.5 Å². The minimum absolute atomic E-state index is 0.304. The van der Waals surface area contributed by atoms with E-state index in [9.17, 15) is 4.79 Å². The van der Waals surface area contributed by atoms with E-state index in [2.05, 4.69) is 6.92 Å². The topological polar surface area (TPSA) is 52.3 Å². The highest BCUT2D eigenvalue weighted by molar-refractivity contribution is 5.81. The molecular weight excluding hydrogens is 190 g/mol. The highest BCUT2D eigenvalue weighted by atomic mass is 16.5. The van der Waals surface area contributed by atoms with Crippen LogP contribution in [-0.4, -0.2) is 12.6 Å². The van der Waals surface area contributed by atoms with Gasteiger partial charge in [0.25, 0.3) is 0 Å². The van der Waals surface area contributed by atoms with Gasteiger partial charge in [-0.25, -0.2) is 4.79 Å². The van der Waals surface area contributed by atoms with E-state index in [4.69, 9.17) is 10.5 Å². The average Bonchev–Trinajstić information content (AvgIpc) is 2.27. The third-order valence-electron chi connectivity index (χ3n) is 2.17. The first-order valence-corrected chi connectivity index (χ1v) is 4.90. The third-order valence-corrected chi connectivity index (χ3v) is 2.17. The number of carbonyl (C=O) groups excluding carboxylic acids is 1. The van der Waals surface area contributed by atoms with Crippen molar-refractivity contribution in [1.82, 2.24) is 0 Å². The largest absolute Gasteiger partial charge is 0.464 e. The number of esters is 1. The lowest BCUT2D eigenvalue weighted by atomic mass is 9.93. The Bertz CT molecular complexity index is 320. The highest BCUT2D eigenvalue weighted by Gasteiger charge is 2.31. The number of hydrogen-bond acceptors (Lipinski definition) is 3. The Morgan fingerprint density at radius 1 is 1.47 bits per heavy atom. The Morgan fingerprint density at radius 2 is 2.07 bits per heavy atom. The van der Waals surface area contributed by atoms with Crippen LogP contribution in [-0.2, 0) is 15.1 Å². The van der Waals surface area contributed by atoms with Crippen LogP contribution in [0.1, 0.15) is 18.9 Å². The van der Waals surface area contributed by atoms with Crippen molar-refractivity contribution in [2.24, 2.45) is 5.73 Å². The van der Waals surface area contributed by atoms with Crippen LogP contribution in [0.2, 0.25) is 0 Å². The van der Waals surface area contributed by atoms with Gasteiger partial charge in [-0.3, -0.25) is 0 Å². The smallest absolute Gasteiger partial charge is 0.330 e. The van der Waals surface area contributed by atoms with Gasteiger partial charge in [0.05, 0.1) is 6.61 Å². The Labute approximate surface area is 90.2 Å². The predicted molar refractivity (Wildman–Crippen MR) is 58.9 cm³/mol. The molecule has 0 aromatic heterocycles. The van der Waals surface area contributed by atoms with Gasteiger partial charge in [0.1, 0.15) is 5.54 Å². The van der Waals surface area contributed by atoms with Gasteiger partial charge in [-0.1, -0.05) is 30.3 Å². The number of nitrogens with two attached hydrogens (primary N) is 1. The summed E-state index contributed by atoms with van der Waals surface area (Å²) in [6.45, 7) is 5.55. The Morgan fingerprint density at radius 3 is 2.60 bits per heavy atom. The maximum Gasteiger partial charge on any atom is 0.330 e. The quantitative estimate of drug-likeness (QED) is 0.762. The molecule has 0 aliphatic heterocycles. The Balaban J connectivity index is 2.78. The van der Waals surface area contributed by atoms with Crippen LogP contribution in [0.3, 0.4) is 0 Å². The number of carbonyl (C=O) groups is 1. The number of benzene rings is 1. The van der Waals surface area contributed by atoms with Gasteiger partial charge in [0, 0.05) is 0 Å². The molecule has 2 N–H and O–H groups in total. The summed E-state index contributed by atoms with van der Waals surface area (Å²) in [6, 6.07) is 9.18. The van der Waals surface area contributed by atoms with Gasteiger partial charge in [-0.2, -0.15) is 0 Å². The summed E-state index contributed by atoms with van der Waals surface area (Å²) in [5.74, 6) is -0.419. The zero-order valence-electron chi connectivity index (χ0n) is 8.90. The van der Waals surface area contributed by atoms with Crippen molar-refractivity contribution in [2.75, 3.05) is 6.61 Å². The van der Waals surface area contributed by atoms with E-state index in [-0.39, 0.29) is 0 Å². The minimum Gasteiger partial charge on any atom is -0.464 e. The summed E-state index contributed by atoms with van der Waals surface area (Å²) in [6.07, 6.45) is 0.552. The van der Waals surface area contributed by atoms with Crippen molar-refractivity contribution in [3.8, 4) is 0 Å². The molecule has 0 bridgehead atoms. The second-order valence-electron chi connectivity index (χ2n) is 3.56. The molecule has 0 aliphatic rings. The summed E-state index contributed by atoms with van der Waals surface area (Å²) < 4.78 is 4.98. The monoisotopic (exact) mass is 206 g/mol. The molecule has 0 amide bonds. The van der Waals surface area contributed by atoms with Crippen molar-refractivity contribution >= 4 is 5.97 Å². The summed E-state index contributed by atoms with van der Waals surface area (Å²) >= 11 is 0. The first-order valence-electron chi connectivity index (χ1n) is 4.90. The molecule has 1 atom stereocenters. The molecule has 0 aliphatic carbocycles. The number of ether oxygens (including phenoxy) is 1. The molecule has 1 rings (SSSR count). The van der Waals surface area contributed by atoms with Crippen molar-refractivity contribution in [1.29, 1.82) is 0 Å². The van der Waals surface area contributed by atoms with Crippen molar-refractivity contribution in [3.05, 3.63) is 42.8 Å². The lowest BCUT2D eigenvalue weighted by Gasteiger charge is -2.22. The standard InChI is InChI=1S/C12H16NO2/c1-3-9-15-11(14)12(2,13)10-7-5-4-6-8-10/h4-8H,1,3,9,13H2,2H3/t12-/m0/s1. The zero-order valence-corrected chi connectivity index (χ0v) is 8.90. The number of hydrogen-bond donors (Lipinski definition) is 1.